The average molecular weight is 387 g/mol. The van der Waals surface area contributed by atoms with E-state index < -0.39 is 10.0 Å². The minimum atomic E-state index is -3.45. The fraction of sp³-hybridized carbons (Fsp3) is 0.350. The predicted octanol–water partition coefficient (Wildman–Crippen LogP) is 3.48. The molecule has 3 aromatic rings. The topological polar surface area (TPSA) is 81.2 Å². The normalized spacial score (nSPS) is 12.1. The molecule has 0 fully saturated rings. The Hall–Kier alpha value is -2.38. The summed E-state index contributed by atoms with van der Waals surface area (Å²) in [5, 5.41) is 5.32. The number of fused-ring (bicyclic) bond motifs is 1. The first-order chi connectivity index (χ1) is 13.0. The Bertz CT molecular complexity index is 1000. The highest BCUT2D eigenvalue weighted by atomic mass is 32.2. The van der Waals surface area contributed by atoms with E-state index in [9.17, 15) is 8.42 Å². The standard InChI is InChI=1S/C20H26N4O2S/c1-3-13-23(14-4-2)27(25,26)17-11-9-16(10-12-17)15-24-19-8-6-5-7-18(19)20(21)22-24/h5-12H,3-4,13-15H2,1-2H3,(H2,21,22). The van der Waals surface area contributed by atoms with E-state index in [2.05, 4.69) is 5.10 Å². The van der Waals surface area contributed by atoms with Gasteiger partial charge in [-0.1, -0.05) is 38.1 Å². The highest BCUT2D eigenvalue weighted by Crippen LogP contribution is 2.22. The van der Waals surface area contributed by atoms with Crippen molar-refractivity contribution < 1.29 is 8.42 Å². The van der Waals surface area contributed by atoms with Crippen LogP contribution in [-0.2, 0) is 16.6 Å². The van der Waals surface area contributed by atoms with E-state index in [0.717, 1.165) is 29.3 Å². The van der Waals surface area contributed by atoms with Crippen molar-refractivity contribution in [1.29, 1.82) is 0 Å². The summed E-state index contributed by atoms with van der Waals surface area (Å²) >= 11 is 0. The number of nitrogens with zero attached hydrogens (tertiary/aromatic N) is 3. The van der Waals surface area contributed by atoms with Gasteiger partial charge in [0.15, 0.2) is 5.82 Å². The van der Waals surface area contributed by atoms with Crippen molar-refractivity contribution in [3.63, 3.8) is 0 Å². The highest BCUT2D eigenvalue weighted by Gasteiger charge is 2.22. The molecule has 3 rings (SSSR count). The first kappa shape index (κ1) is 19.4. The van der Waals surface area contributed by atoms with E-state index >= 15 is 0 Å². The van der Waals surface area contributed by atoms with Crippen molar-refractivity contribution >= 4 is 26.7 Å². The molecule has 6 nitrogen and oxygen atoms in total. The van der Waals surface area contributed by atoms with Crippen molar-refractivity contribution in [2.75, 3.05) is 18.8 Å². The summed E-state index contributed by atoms with van der Waals surface area (Å²) in [6, 6.07) is 14.8. The number of aromatic nitrogens is 2. The summed E-state index contributed by atoms with van der Waals surface area (Å²) in [6.07, 6.45) is 1.59. The third kappa shape index (κ3) is 3.99. The largest absolute Gasteiger partial charge is 0.382 e. The Morgan fingerprint density at radius 2 is 1.63 bits per heavy atom. The van der Waals surface area contributed by atoms with Gasteiger partial charge < -0.3 is 5.73 Å². The Morgan fingerprint density at radius 3 is 2.26 bits per heavy atom. The fourth-order valence-electron chi connectivity index (χ4n) is 3.21. The zero-order valence-corrected chi connectivity index (χ0v) is 16.6. The molecule has 0 bridgehead atoms. The molecule has 0 aliphatic carbocycles. The third-order valence-corrected chi connectivity index (χ3v) is 6.44. The molecule has 0 aliphatic rings. The second-order valence-electron chi connectivity index (χ2n) is 6.61. The van der Waals surface area contributed by atoms with Crippen molar-refractivity contribution in [1.82, 2.24) is 14.1 Å². The minimum absolute atomic E-state index is 0.331. The quantitative estimate of drug-likeness (QED) is 0.643. The second kappa shape index (κ2) is 8.10. The van der Waals surface area contributed by atoms with Gasteiger partial charge in [-0.15, -0.1) is 0 Å². The molecule has 27 heavy (non-hydrogen) atoms. The maximum Gasteiger partial charge on any atom is 0.243 e. The number of hydrogen-bond donors (Lipinski definition) is 1. The Labute approximate surface area is 160 Å². The lowest BCUT2D eigenvalue weighted by molar-refractivity contribution is 0.410. The van der Waals surface area contributed by atoms with Gasteiger partial charge >= 0.3 is 0 Å². The molecule has 2 N–H and O–H groups in total. The molecule has 0 radical (unpaired) electrons. The van der Waals surface area contributed by atoms with Crippen molar-refractivity contribution in [2.45, 2.75) is 38.1 Å². The molecule has 0 spiro atoms. The van der Waals surface area contributed by atoms with Crippen LogP contribution in [0.25, 0.3) is 10.9 Å². The van der Waals surface area contributed by atoms with Gasteiger partial charge in [-0.05, 0) is 42.7 Å². The molecule has 144 valence electrons. The first-order valence-corrected chi connectivity index (χ1v) is 10.7. The van der Waals surface area contributed by atoms with Gasteiger partial charge in [0.1, 0.15) is 0 Å². The maximum absolute atomic E-state index is 12.9. The lowest BCUT2D eigenvalue weighted by Gasteiger charge is -2.21. The second-order valence-corrected chi connectivity index (χ2v) is 8.55. The summed E-state index contributed by atoms with van der Waals surface area (Å²) in [7, 11) is -3.45. The highest BCUT2D eigenvalue weighted by molar-refractivity contribution is 7.89. The summed E-state index contributed by atoms with van der Waals surface area (Å²) in [6.45, 7) is 5.58. The van der Waals surface area contributed by atoms with Crippen LogP contribution in [0.1, 0.15) is 32.3 Å². The fourth-order valence-corrected chi connectivity index (χ4v) is 4.84. The summed E-state index contributed by atoms with van der Waals surface area (Å²) in [5.41, 5.74) is 7.92. The number of para-hydroxylation sites is 1. The van der Waals surface area contributed by atoms with E-state index in [0.29, 0.717) is 30.3 Å². The number of sulfonamides is 1. The van der Waals surface area contributed by atoms with Gasteiger partial charge in [-0.3, -0.25) is 4.68 Å². The van der Waals surface area contributed by atoms with Crippen LogP contribution in [0.15, 0.2) is 53.4 Å². The van der Waals surface area contributed by atoms with Gasteiger partial charge in [-0.25, -0.2) is 8.42 Å². The Kier molecular flexibility index (Phi) is 5.82. The summed E-state index contributed by atoms with van der Waals surface area (Å²) < 4.78 is 29.1. The van der Waals surface area contributed by atoms with E-state index in [4.69, 9.17) is 5.73 Å². The molecule has 7 heteroatoms. The van der Waals surface area contributed by atoms with Crippen LogP contribution in [0.2, 0.25) is 0 Å². The molecule has 0 amide bonds. The van der Waals surface area contributed by atoms with E-state index in [-0.39, 0.29) is 0 Å². The van der Waals surface area contributed by atoms with Crippen LogP contribution in [0.3, 0.4) is 0 Å². The van der Waals surface area contributed by atoms with Crippen LogP contribution in [0.4, 0.5) is 5.82 Å². The van der Waals surface area contributed by atoms with E-state index in [1.807, 2.05) is 54.9 Å². The molecular formula is C20H26N4O2S. The molecule has 0 saturated carbocycles. The lowest BCUT2D eigenvalue weighted by Crippen LogP contribution is -2.32. The number of nitrogen functional groups attached to an aromatic ring is 1. The average Bonchev–Trinajstić information content (AvgIpc) is 2.98. The number of benzene rings is 2. The van der Waals surface area contributed by atoms with Crippen LogP contribution in [0, 0.1) is 0 Å². The number of hydrogen-bond acceptors (Lipinski definition) is 4. The van der Waals surface area contributed by atoms with Crippen LogP contribution >= 0.6 is 0 Å². The maximum atomic E-state index is 12.9. The predicted molar refractivity (Wildman–Crippen MR) is 109 cm³/mol. The first-order valence-electron chi connectivity index (χ1n) is 9.27. The minimum Gasteiger partial charge on any atom is -0.382 e. The van der Waals surface area contributed by atoms with E-state index in [1.165, 1.54) is 0 Å². The third-order valence-electron chi connectivity index (χ3n) is 4.53. The molecular weight excluding hydrogens is 360 g/mol. The molecule has 2 aromatic carbocycles. The Morgan fingerprint density at radius 1 is 1.00 bits per heavy atom. The molecule has 0 unspecified atom stereocenters. The molecule has 0 atom stereocenters. The monoisotopic (exact) mass is 386 g/mol. The lowest BCUT2D eigenvalue weighted by atomic mass is 10.2. The van der Waals surface area contributed by atoms with Crippen molar-refractivity contribution in [2.24, 2.45) is 0 Å². The van der Waals surface area contributed by atoms with Crippen molar-refractivity contribution in [3.8, 4) is 0 Å². The van der Waals surface area contributed by atoms with E-state index in [1.54, 1.807) is 16.4 Å². The SMILES string of the molecule is CCCN(CCC)S(=O)(=O)c1ccc(Cn2nc(N)c3ccccc32)cc1. The number of rotatable bonds is 8. The van der Waals surface area contributed by atoms with Crippen LogP contribution in [-0.4, -0.2) is 35.6 Å². The smallest absolute Gasteiger partial charge is 0.243 e. The van der Waals surface area contributed by atoms with Crippen molar-refractivity contribution in [3.05, 3.63) is 54.1 Å². The van der Waals surface area contributed by atoms with Crippen LogP contribution in [0.5, 0.6) is 0 Å². The van der Waals surface area contributed by atoms with Gasteiger partial charge in [-0.2, -0.15) is 9.40 Å². The summed E-state index contributed by atoms with van der Waals surface area (Å²) in [4.78, 5) is 0.331. The van der Waals surface area contributed by atoms with Crippen LogP contribution < -0.4 is 5.73 Å². The zero-order valence-electron chi connectivity index (χ0n) is 15.8. The number of anilines is 1. The molecule has 0 saturated heterocycles. The molecule has 0 aliphatic heterocycles. The van der Waals surface area contributed by atoms with Gasteiger partial charge in [0.05, 0.1) is 17.0 Å². The number of nitrogens with two attached hydrogens (primary N) is 1. The molecule has 1 aromatic heterocycles. The van der Waals surface area contributed by atoms with Gasteiger partial charge in [0, 0.05) is 18.5 Å². The Balaban J connectivity index is 1.84. The zero-order chi connectivity index (χ0) is 19.4. The molecule has 1 heterocycles. The van der Waals surface area contributed by atoms with Gasteiger partial charge in [0.25, 0.3) is 0 Å². The van der Waals surface area contributed by atoms with Gasteiger partial charge in [0.2, 0.25) is 10.0 Å². The summed E-state index contributed by atoms with van der Waals surface area (Å²) in [5.74, 6) is 0.500.